The van der Waals surface area contributed by atoms with Gasteiger partial charge in [0.15, 0.2) is 0 Å². The Labute approximate surface area is 173 Å². The van der Waals surface area contributed by atoms with E-state index in [1.807, 2.05) is 44.2 Å². The van der Waals surface area contributed by atoms with Gasteiger partial charge in [-0.1, -0.05) is 44.2 Å². The van der Waals surface area contributed by atoms with Crippen LogP contribution in [0.4, 0.5) is 11.4 Å². The summed E-state index contributed by atoms with van der Waals surface area (Å²) in [6.45, 7) is 10.4. The maximum atomic E-state index is 12.9. The zero-order chi connectivity index (χ0) is 21.4. The largest absolute Gasteiger partial charge is 0.376 e. The molecule has 0 aliphatic heterocycles. The molecule has 0 spiro atoms. The van der Waals surface area contributed by atoms with Crippen LogP contribution >= 0.6 is 0 Å². The molecule has 0 saturated carbocycles. The summed E-state index contributed by atoms with van der Waals surface area (Å²) in [6, 6.07) is 14.5. The SMILES string of the molecule is C=CCN(C(=O)CNc1ccc(C)c(S(=O)(=O)N(CC)CC)c1)c1ccccc1. The van der Waals surface area contributed by atoms with E-state index in [0.717, 1.165) is 5.69 Å². The fraction of sp³-hybridized carbons (Fsp3) is 0.318. The lowest BCUT2D eigenvalue weighted by Crippen LogP contribution is -2.35. The van der Waals surface area contributed by atoms with E-state index in [1.165, 1.54) is 4.31 Å². The number of nitrogens with one attached hydrogen (secondary N) is 1. The number of amides is 1. The van der Waals surface area contributed by atoms with Gasteiger partial charge in [0.25, 0.3) is 0 Å². The Bertz CT molecular complexity index is 939. The summed E-state index contributed by atoms with van der Waals surface area (Å²) in [6.07, 6.45) is 1.67. The number of benzene rings is 2. The number of para-hydroxylation sites is 1. The normalized spacial score (nSPS) is 11.3. The number of carbonyl (C=O) groups is 1. The highest BCUT2D eigenvalue weighted by atomic mass is 32.2. The second-order valence-corrected chi connectivity index (χ2v) is 8.46. The molecule has 2 aromatic carbocycles. The van der Waals surface area contributed by atoms with E-state index in [4.69, 9.17) is 0 Å². The molecule has 2 rings (SSSR count). The molecular weight excluding hydrogens is 386 g/mol. The van der Waals surface area contributed by atoms with E-state index in [9.17, 15) is 13.2 Å². The van der Waals surface area contributed by atoms with Crippen LogP contribution < -0.4 is 10.2 Å². The Kier molecular flexibility index (Phi) is 7.99. The fourth-order valence-electron chi connectivity index (χ4n) is 3.05. The third-order valence-corrected chi connectivity index (χ3v) is 6.83. The first-order chi connectivity index (χ1) is 13.8. The molecule has 7 heteroatoms. The van der Waals surface area contributed by atoms with Crippen molar-refractivity contribution < 1.29 is 13.2 Å². The van der Waals surface area contributed by atoms with Crippen LogP contribution in [0.5, 0.6) is 0 Å². The van der Waals surface area contributed by atoms with Crippen LogP contribution in [0.15, 0.2) is 66.1 Å². The molecule has 6 nitrogen and oxygen atoms in total. The first-order valence-electron chi connectivity index (χ1n) is 9.66. The number of aryl methyl sites for hydroxylation is 1. The molecule has 0 bridgehead atoms. The highest BCUT2D eigenvalue weighted by Crippen LogP contribution is 2.24. The number of anilines is 2. The first-order valence-corrected chi connectivity index (χ1v) is 11.1. The predicted molar refractivity (Wildman–Crippen MR) is 119 cm³/mol. The fourth-order valence-corrected chi connectivity index (χ4v) is 4.76. The van der Waals surface area contributed by atoms with Crippen molar-refractivity contribution in [3.8, 4) is 0 Å². The average Bonchev–Trinajstić information content (AvgIpc) is 2.72. The van der Waals surface area contributed by atoms with Crippen LogP contribution in [0.25, 0.3) is 0 Å². The van der Waals surface area contributed by atoms with Gasteiger partial charge in [-0.05, 0) is 36.8 Å². The third kappa shape index (κ3) is 5.46. The molecule has 0 heterocycles. The van der Waals surface area contributed by atoms with Gasteiger partial charge < -0.3 is 10.2 Å². The molecular formula is C22H29N3O3S. The van der Waals surface area contributed by atoms with Crippen LogP contribution in [0.3, 0.4) is 0 Å². The van der Waals surface area contributed by atoms with Crippen LogP contribution in [0, 0.1) is 6.92 Å². The summed E-state index contributed by atoms with van der Waals surface area (Å²) in [5, 5.41) is 3.06. The van der Waals surface area contributed by atoms with E-state index >= 15 is 0 Å². The Morgan fingerprint density at radius 1 is 1.10 bits per heavy atom. The quantitative estimate of drug-likeness (QED) is 0.601. The van der Waals surface area contributed by atoms with E-state index in [0.29, 0.717) is 30.9 Å². The number of rotatable bonds is 10. The minimum atomic E-state index is -3.58. The van der Waals surface area contributed by atoms with Crippen molar-refractivity contribution >= 4 is 27.3 Å². The molecule has 1 amide bonds. The maximum absolute atomic E-state index is 12.9. The van der Waals surface area contributed by atoms with Gasteiger partial charge in [-0.2, -0.15) is 4.31 Å². The molecule has 0 unspecified atom stereocenters. The molecule has 156 valence electrons. The summed E-state index contributed by atoms with van der Waals surface area (Å²) in [7, 11) is -3.58. The molecule has 0 radical (unpaired) electrons. The van der Waals surface area contributed by atoms with Crippen LogP contribution in [-0.4, -0.2) is 44.8 Å². The number of hydrogen-bond donors (Lipinski definition) is 1. The molecule has 1 N–H and O–H groups in total. The number of nitrogens with zero attached hydrogens (tertiary/aromatic N) is 2. The van der Waals surface area contributed by atoms with Gasteiger partial charge in [-0.25, -0.2) is 8.42 Å². The smallest absolute Gasteiger partial charge is 0.246 e. The molecule has 0 aliphatic carbocycles. The summed E-state index contributed by atoms with van der Waals surface area (Å²) in [5.41, 5.74) is 2.04. The van der Waals surface area contributed by atoms with Gasteiger partial charge in [0.05, 0.1) is 11.4 Å². The van der Waals surface area contributed by atoms with Crippen LogP contribution in [0.1, 0.15) is 19.4 Å². The lowest BCUT2D eigenvalue weighted by Gasteiger charge is -2.22. The van der Waals surface area contributed by atoms with Gasteiger partial charge in [-0.15, -0.1) is 6.58 Å². The standard InChI is InChI=1S/C22H29N3O3S/c1-5-15-25(20-11-9-8-10-12-20)22(26)17-23-19-14-13-18(4)21(16-19)29(27,28)24(6-2)7-3/h5,8-14,16,23H,1,6-7,15,17H2,2-4H3. The van der Waals surface area contributed by atoms with Gasteiger partial charge in [0, 0.05) is 31.0 Å². The Hall–Kier alpha value is -2.64. The Morgan fingerprint density at radius 3 is 2.34 bits per heavy atom. The van der Waals surface area contributed by atoms with Crippen molar-refractivity contribution in [2.45, 2.75) is 25.7 Å². The van der Waals surface area contributed by atoms with E-state index in [-0.39, 0.29) is 17.3 Å². The van der Waals surface area contributed by atoms with Gasteiger partial charge >= 0.3 is 0 Å². The second-order valence-electron chi connectivity index (χ2n) is 6.55. The van der Waals surface area contributed by atoms with Crippen molar-refractivity contribution in [2.75, 3.05) is 36.4 Å². The average molecular weight is 416 g/mol. The predicted octanol–water partition coefficient (Wildman–Crippen LogP) is 3.66. The zero-order valence-corrected chi connectivity index (χ0v) is 18.1. The minimum absolute atomic E-state index is 0.0382. The summed E-state index contributed by atoms with van der Waals surface area (Å²) < 4.78 is 27.2. The van der Waals surface area contributed by atoms with Crippen LogP contribution in [-0.2, 0) is 14.8 Å². The molecule has 0 aromatic heterocycles. The topological polar surface area (TPSA) is 69.7 Å². The van der Waals surface area contributed by atoms with Gasteiger partial charge in [0.2, 0.25) is 15.9 Å². The monoisotopic (exact) mass is 415 g/mol. The van der Waals surface area contributed by atoms with Crippen LogP contribution in [0.2, 0.25) is 0 Å². The molecule has 0 atom stereocenters. The first kappa shape index (κ1) is 22.6. The number of sulfonamides is 1. The van der Waals surface area contributed by atoms with Crippen molar-refractivity contribution in [3.63, 3.8) is 0 Å². The zero-order valence-electron chi connectivity index (χ0n) is 17.3. The van der Waals surface area contributed by atoms with Crippen molar-refractivity contribution in [2.24, 2.45) is 0 Å². The molecule has 0 aliphatic rings. The molecule has 0 saturated heterocycles. The third-order valence-electron chi connectivity index (χ3n) is 4.64. The van der Waals surface area contributed by atoms with Crippen molar-refractivity contribution in [1.29, 1.82) is 0 Å². The van der Waals surface area contributed by atoms with E-state index < -0.39 is 10.0 Å². The Balaban J connectivity index is 2.20. The summed E-state index contributed by atoms with van der Waals surface area (Å²) >= 11 is 0. The number of carbonyl (C=O) groups excluding carboxylic acids is 1. The van der Waals surface area contributed by atoms with Crippen molar-refractivity contribution in [3.05, 3.63) is 66.7 Å². The maximum Gasteiger partial charge on any atom is 0.246 e. The van der Waals surface area contributed by atoms with E-state index in [1.54, 1.807) is 36.1 Å². The lowest BCUT2D eigenvalue weighted by molar-refractivity contribution is -0.116. The van der Waals surface area contributed by atoms with Crippen molar-refractivity contribution in [1.82, 2.24) is 4.31 Å². The van der Waals surface area contributed by atoms with E-state index in [2.05, 4.69) is 11.9 Å². The molecule has 0 fully saturated rings. The highest BCUT2D eigenvalue weighted by molar-refractivity contribution is 7.89. The molecule has 2 aromatic rings. The Morgan fingerprint density at radius 2 is 1.76 bits per heavy atom. The van der Waals surface area contributed by atoms with Gasteiger partial charge in [-0.3, -0.25) is 4.79 Å². The lowest BCUT2D eigenvalue weighted by atomic mass is 10.2. The number of hydrogen-bond acceptors (Lipinski definition) is 4. The minimum Gasteiger partial charge on any atom is -0.376 e. The summed E-state index contributed by atoms with van der Waals surface area (Å²) in [4.78, 5) is 14.6. The van der Waals surface area contributed by atoms with Gasteiger partial charge in [0.1, 0.15) is 0 Å². The second kappa shape index (κ2) is 10.2. The molecule has 29 heavy (non-hydrogen) atoms. The highest BCUT2D eigenvalue weighted by Gasteiger charge is 2.24. The summed E-state index contributed by atoms with van der Waals surface area (Å²) in [5.74, 6) is -0.134.